The van der Waals surface area contributed by atoms with Crippen LogP contribution in [0.25, 0.3) is 11.0 Å². The van der Waals surface area contributed by atoms with E-state index < -0.39 is 29.4 Å². The Kier molecular flexibility index (Phi) is 5.21. The van der Waals surface area contributed by atoms with Gasteiger partial charge in [-0.05, 0) is 51.0 Å². The van der Waals surface area contributed by atoms with Crippen LogP contribution >= 0.6 is 0 Å². The minimum Gasteiger partial charge on any atom is -0.324 e. The molecule has 3 rings (SSSR count). The van der Waals surface area contributed by atoms with E-state index >= 15 is 0 Å². The summed E-state index contributed by atoms with van der Waals surface area (Å²) in [6, 6.07) is 8.54. The van der Waals surface area contributed by atoms with Crippen molar-refractivity contribution in [2.45, 2.75) is 39.9 Å². The molecule has 1 aromatic heterocycles. The molecule has 2 aromatic carbocycles. The molecule has 152 valence electrons. The summed E-state index contributed by atoms with van der Waals surface area (Å²) in [6.45, 7) is 6.98. The number of rotatable bonds is 3. The van der Waals surface area contributed by atoms with E-state index in [4.69, 9.17) is 0 Å². The molecule has 1 N–H and O–H groups in total. The maximum atomic E-state index is 13.3. The third kappa shape index (κ3) is 3.87. The lowest BCUT2D eigenvalue weighted by Crippen LogP contribution is -2.36. The zero-order chi connectivity index (χ0) is 21.5. The lowest BCUT2D eigenvalue weighted by Gasteiger charge is -2.20. The smallest absolute Gasteiger partial charge is 0.324 e. The van der Waals surface area contributed by atoms with Gasteiger partial charge in [-0.15, -0.1) is 0 Å². The highest BCUT2D eigenvalue weighted by Crippen LogP contribution is 2.28. The molecule has 1 amide bonds. The molecule has 8 heteroatoms. The van der Waals surface area contributed by atoms with Gasteiger partial charge in [0.2, 0.25) is 11.6 Å². The molecule has 0 saturated carbocycles. The van der Waals surface area contributed by atoms with Crippen LogP contribution < -0.4 is 10.9 Å². The molecule has 0 radical (unpaired) electrons. The van der Waals surface area contributed by atoms with Crippen LogP contribution in [0.1, 0.15) is 35.3 Å². The monoisotopic (exact) mass is 403 g/mol. The van der Waals surface area contributed by atoms with Crippen molar-refractivity contribution in [2.24, 2.45) is 0 Å². The van der Waals surface area contributed by atoms with Crippen molar-refractivity contribution >= 4 is 22.6 Å². The van der Waals surface area contributed by atoms with Crippen LogP contribution in [-0.2, 0) is 11.0 Å². The first-order chi connectivity index (χ1) is 13.5. The number of nitrogens with zero attached hydrogens (tertiary/aromatic N) is 2. The van der Waals surface area contributed by atoms with Crippen molar-refractivity contribution < 1.29 is 18.0 Å². The number of benzene rings is 2. The van der Waals surface area contributed by atoms with Crippen molar-refractivity contribution in [2.75, 3.05) is 5.32 Å². The first-order valence-corrected chi connectivity index (χ1v) is 8.98. The Labute approximate surface area is 165 Å². The van der Waals surface area contributed by atoms with Gasteiger partial charge in [-0.1, -0.05) is 29.8 Å². The Hall–Kier alpha value is -3.16. The summed E-state index contributed by atoms with van der Waals surface area (Å²) < 4.78 is 40.9. The van der Waals surface area contributed by atoms with Gasteiger partial charge in [0.05, 0.1) is 11.0 Å². The predicted molar refractivity (Wildman–Crippen MR) is 105 cm³/mol. The summed E-state index contributed by atoms with van der Waals surface area (Å²) in [5, 5.41) is 2.75. The van der Waals surface area contributed by atoms with Crippen LogP contribution in [0.5, 0.6) is 0 Å². The fourth-order valence-electron chi connectivity index (χ4n) is 3.45. The molecule has 29 heavy (non-hydrogen) atoms. The molecule has 1 atom stereocenters. The summed E-state index contributed by atoms with van der Waals surface area (Å²) in [7, 11) is 0. The number of carbonyl (C=O) groups excluding carboxylic acids is 1. The Morgan fingerprint density at radius 1 is 1.10 bits per heavy atom. The highest BCUT2D eigenvalue weighted by atomic mass is 19.4. The van der Waals surface area contributed by atoms with Crippen LogP contribution in [0.2, 0.25) is 0 Å². The molecule has 0 aliphatic heterocycles. The average Bonchev–Trinajstić information content (AvgIpc) is 2.62. The first kappa shape index (κ1) is 20.6. The number of halogens is 3. The summed E-state index contributed by atoms with van der Waals surface area (Å²) in [4.78, 5) is 29.0. The minimum absolute atomic E-state index is 0.0122. The van der Waals surface area contributed by atoms with Crippen LogP contribution in [0.4, 0.5) is 18.9 Å². The number of alkyl halides is 3. The zero-order valence-corrected chi connectivity index (χ0v) is 16.4. The molecular weight excluding hydrogens is 383 g/mol. The van der Waals surface area contributed by atoms with E-state index in [1.807, 2.05) is 32.9 Å². The summed E-state index contributed by atoms with van der Waals surface area (Å²) in [6.07, 6.45) is -4.93. The average molecular weight is 403 g/mol. The highest BCUT2D eigenvalue weighted by molar-refractivity contribution is 5.95. The summed E-state index contributed by atoms with van der Waals surface area (Å²) >= 11 is 0. The molecule has 1 heterocycles. The number of hydrogen-bond donors (Lipinski definition) is 1. The number of aromatic nitrogens is 2. The fraction of sp³-hybridized carbons (Fsp3) is 0.286. The molecule has 0 spiro atoms. The zero-order valence-electron chi connectivity index (χ0n) is 16.4. The van der Waals surface area contributed by atoms with Crippen molar-refractivity contribution in [1.29, 1.82) is 0 Å². The number of fused-ring (bicyclic) bond motifs is 1. The summed E-state index contributed by atoms with van der Waals surface area (Å²) in [5.41, 5.74) is 0.506. The van der Waals surface area contributed by atoms with Crippen LogP contribution in [0.3, 0.4) is 0 Å². The normalized spacial score (nSPS) is 12.8. The molecule has 0 saturated heterocycles. The SMILES string of the molecule is Cc1cc(C)c(NC(=O)[C@@H](C)n2c(=O)c(C(F)(F)F)nc3ccccc32)c(C)c1. The van der Waals surface area contributed by atoms with Gasteiger partial charge in [0.25, 0.3) is 5.56 Å². The maximum absolute atomic E-state index is 13.3. The van der Waals surface area contributed by atoms with E-state index in [0.29, 0.717) is 5.69 Å². The largest absolute Gasteiger partial charge is 0.438 e. The quantitative estimate of drug-likeness (QED) is 0.698. The topological polar surface area (TPSA) is 64.0 Å². The van der Waals surface area contributed by atoms with Gasteiger partial charge in [0, 0.05) is 5.69 Å². The molecule has 0 fully saturated rings. The molecule has 0 aliphatic rings. The minimum atomic E-state index is -4.93. The van der Waals surface area contributed by atoms with Crippen molar-refractivity contribution in [3.63, 3.8) is 0 Å². The van der Waals surface area contributed by atoms with Crippen molar-refractivity contribution in [3.05, 3.63) is 69.1 Å². The number of amides is 1. The standard InChI is InChI=1S/C21H20F3N3O2/c1-11-9-12(2)17(13(3)10-11)26-19(28)14(4)27-16-8-6-5-7-15(16)25-18(20(27)29)21(22,23)24/h5-10,14H,1-4H3,(H,26,28)/t14-/m1/s1. The first-order valence-electron chi connectivity index (χ1n) is 8.98. The van der Waals surface area contributed by atoms with Gasteiger partial charge >= 0.3 is 6.18 Å². The van der Waals surface area contributed by atoms with E-state index in [2.05, 4.69) is 10.3 Å². The van der Waals surface area contributed by atoms with E-state index in [-0.39, 0.29) is 11.0 Å². The van der Waals surface area contributed by atoms with Gasteiger partial charge in [-0.3, -0.25) is 14.2 Å². The van der Waals surface area contributed by atoms with E-state index in [0.717, 1.165) is 21.3 Å². The van der Waals surface area contributed by atoms with Gasteiger partial charge in [-0.25, -0.2) is 4.98 Å². The lowest BCUT2D eigenvalue weighted by atomic mass is 10.0. The molecular formula is C21H20F3N3O2. The Balaban J connectivity index is 2.12. The van der Waals surface area contributed by atoms with Gasteiger partial charge in [-0.2, -0.15) is 13.2 Å². The Morgan fingerprint density at radius 2 is 1.69 bits per heavy atom. The second kappa shape index (κ2) is 7.35. The van der Waals surface area contributed by atoms with Crippen molar-refractivity contribution in [3.8, 4) is 0 Å². The second-order valence-electron chi connectivity index (χ2n) is 7.06. The highest BCUT2D eigenvalue weighted by Gasteiger charge is 2.38. The van der Waals surface area contributed by atoms with Gasteiger partial charge in [0.1, 0.15) is 6.04 Å². The molecule has 0 bridgehead atoms. The van der Waals surface area contributed by atoms with Gasteiger partial charge < -0.3 is 5.32 Å². The number of para-hydroxylation sites is 2. The second-order valence-corrected chi connectivity index (χ2v) is 7.06. The third-order valence-electron chi connectivity index (χ3n) is 4.76. The lowest BCUT2D eigenvalue weighted by molar-refractivity contribution is -0.142. The van der Waals surface area contributed by atoms with Crippen LogP contribution in [-0.4, -0.2) is 15.5 Å². The number of nitrogens with one attached hydrogen (secondary N) is 1. The van der Waals surface area contributed by atoms with Crippen LogP contribution in [0.15, 0.2) is 41.2 Å². The number of carbonyl (C=O) groups is 1. The van der Waals surface area contributed by atoms with E-state index in [1.165, 1.54) is 25.1 Å². The predicted octanol–water partition coefficient (Wildman–Crippen LogP) is 4.54. The Morgan fingerprint density at radius 3 is 2.28 bits per heavy atom. The van der Waals surface area contributed by atoms with E-state index in [1.54, 1.807) is 6.07 Å². The third-order valence-corrected chi connectivity index (χ3v) is 4.76. The fourth-order valence-corrected chi connectivity index (χ4v) is 3.45. The molecule has 0 unspecified atom stereocenters. The number of anilines is 1. The number of aryl methyl sites for hydroxylation is 3. The molecule has 0 aliphatic carbocycles. The molecule has 3 aromatic rings. The molecule has 5 nitrogen and oxygen atoms in total. The number of hydrogen-bond acceptors (Lipinski definition) is 3. The summed E-state index contributed by atoms with van der Waals surface area (Å²) in [5.74, 6) is -0.591. The van der Waals surface area contributed by atoms with Gasteiger partial charge in [0.15, 0.2) is 0 Å². The van der Waals surface area contributed by atoms with Crippen LogP contribution in [0, 0.1) is 20.8 Å². The maximum Gasteiger partial charge on any atom is 0.438 e. The van der Waals surface area contributed by atoms with Crippen molar-refractivity contribution in [1.82, 2.24) is 9.55 Å². The Bertz CT molecular complexity index is 1140. The van der Waals surface area contributed by atoms with E-state index in [9.17, 15) is 22.8 Å².